The van der Waals surface area contributed by atoms with E-state index < -0.39 is 23.8 Å². The molecule has 1 aromatic carbocycles. The summed E-state index contributed by atoms with van der Waals surface area (Å²) < 4.78 is 49.1. The van der Waals surface area contributed by atoms with Crippen LogP contribution in [0.5, 0.6) is 5.75 Å². The predicted molar refractivity (Wildman–Crippen MR) is 80.0 cm³/mol. The lowest BCUT2D eigenvalue weighted by atomic mass is 10.1. The van der Waals surface area contributed by atoms with Gasteiger partial charge in [0.05, 0.1) is 43.7 Å². The van der Waals surface area contributed by atoms with Crippen molar-refractivity contribution >= 4 is 11.7 Å². The van der Waals surface area contributed by atoms with Gasteiger partial charge in [0, 0.05) is 6.54 Å². The number of anilines is 1. The lowest BCUT2D eigenvalue weighted by Gasteiger charge is -2.34. The fraction of sp³-hybridized carbons (Fsp3) is 0.533. The molecule has 0 aromatic heterocycles. The number of urea groups is 1. The highest BCUT2D eigenvalue weighted by molar-refractivity contribution is 5.91. The molecule has 0 spiro atoms. The second-order valence-corrected chi connectivity index (χ2v) is 5.18. The van der Waals surface area contributed by atoms with E-state index in [1.54, 1.807) is 6.92 Å². The Labute approximate surface area is 137 Å². The van der Waals surface area contributed by atoms with Gasteiger partial charge in [-0.2, -0.15) is 13.2 Å². The Bertz CT molecular complexity index is 580. The van der Waals surface area contributed by atoms with Crippen LogP contribution in [0.3, 0.4) is 0 Å². The van der Waals surface area contributed by atoms with Crippen LogP contribution >= 0.6 is 0 Å². The summed E-state index contributed by atoms with van der Waals surface area (Å²) in [5.74, 6) is 0.146. The summed E-state index contributed by atoms with van der Waals surface area (Å²) in [6.45, 7) is 2.34. The summed E-state index contributed by atoms with van der Waals surface area (Å²) in [6, 6.07) is 1.74. The van der Waals surface area contributed by atoms with E-state index in [-0.39, 0.29) is 37.8 Å². The Morgan fingerprint density at radius 2 is 2.25 bits per heavy atom. The van der Waals surface area contributed by atoms with E-state index in [1.807, 2.05) is 0 Å². The lowest BCUT2D eigenvalue weighted by Crippen LogP contribution is -2.52. The van der Waals surface area contributed by atoms with Gasteiger partial charge in [-0.3, -0.25) is 0 Å². The van der Waals surface area contributed by atoms with Gasteiger partial charge in [0.2, 0.25) is 0 Å². The van der Waals surface area contributed by atoms with Crippen molar-refractivity contribution in [1.82, 2.24) is 4.90 Å². The molecular weight excluding hydrogens is 329 g/mol. The minimum Gasteiger partial charge on any atom is -0.492 e. The molecule has 24 heavy (non-hydrogen) atoms. The van der Waals surface area contributed by atoms with Gasteiger partial charge in [0.25, 0.3) is 0 Å². The van der Waals surface area contributed by atoms with Crippen molar-refractivity contribution in [2.24, 2.45) is 0 Å². The molecule has 1 aliphatic heterocycles. The average Bonchev–Trinajstić information content (AvgIpc) is 2.55. The molecule has 0 radical (unpaired) electrons. The quantitative estimate of drug-likeness (QED) is 0.876. The number of rotatable bonds is 4. The molecule has 1 fully saturated rings. The van der Waals surface area contributed by atoms with E-state index in [1.165, 1.54) is 11.0 Å². The topological polar surface area (TPSA) is 71.0 Å². The third kappa shape index (κ3) is 4.30. The fourth-order valence-electron chi connectivity index (χ4n) is 2.35. The highest BCUT2D eigenvalue weighted by atomic mass is 19.4. The number of amides is 2. The maximum Gasteiger partial charge on any atom is 0.416 e. The van der Waals surface area contributed by atoms with Crippen molar-refractivity contribution < 1.29 is 32.5 Å². The molecule has 0 unspecified atom stereocenters. The van der Waals surface area contributed by atoms with E-state index in [2.05, 4.69) is 5.32 Å². The van der Waals surface area contributed by atoms with Gasteiger partial charge in [-0.15, -0.1) is 0 Å². The summed E-state index contributed by atoms with van der Waals surface area (Å²) >= 11 is 0. The molecule has 0 saturated carbocycles. The molecule has 0 aliphatic carbocycles. The summed E-state index contributed by atoms with van der Waals surface area (Å²) in [6.07, 6.45) is -4.53. The van der Waals surface area contributed by atoms with Gasteiger partial charge >= 0.3 is 12.2 Å². The van der Waals surface area contributed by atoms with Crippen LogP contribution in [0.4, 0.5) is 23.7 Å². The number of benzene rings is 1. The smallest absolute Gasteiger partial charge is 0.416 e. The van der Waals surface area contributed by atoms with Crippen molar-refractivity contribution in [3.63, 3.8) is 0 Å². The van der Waals surface area contributed by atoms with E-state index in [4.69, 9.17) is 9.47 Å². The number of ether oxygens (including phenoxy) is 2. The molecule has 2 rings (SSSR count). The highest BCUT2D eigenvalue weighted by Gasteiger charge is 2.32. The molecular formula is C15H19F3N2O4. The Hall–Kier alpha value is -2.00. The van der Waals surface area contributed by atoms with Crippen molar-refractivity contribution in [3.05, 3.63) is 23.8 Å². The van der Waals surface area contributed by atoms with E-state index in [0.29, 0.717) is 6.61 Å². The van der Waals surface area contributed by atoms with Crippen LogP contribution < -0.4 is 10.1 Å². The SMILES string of the molecule is CCOc1ccc(C(F)(F)F)cc1NC(=O)N1CCOC[C@H]1CO. The molecule has 2 N–H and O–H groups in total. The van der Waals surface area contributed by atoms with Gasteiger partial charge in [-0.25, -0.2) is 4.79 Å². The minimum absolute atomic E-state index is 0.0696. The fourth-order valence-corrected chi connectivity index (χ4v) is 2.35. The Kier molecular flexibility index (Phi) is 5.89. The normalized spacial score (nSPS) is 18.4. The summed E-state index contributed by atoms with van der Waals surface area (Å²) in [7, 11) is 0. The molecule has 1 aliphatic rings. The first-order chi connectivity index (χ1) is 11.4. The summed E-state index contributed by atoms with van der Waals surface area (Å²) in [5, 5.41) is 11.7. The molecule has 9 heteroatoms. The molecule has 6 nitrogen and oxygen atoms in total. The minimum atomic E-state index is -4.53. The Morgan fingerprint density at radius 1 is 1.50 bits per heavy atom. The standard InChI is InChI=1S/C15H19F3N2O4/c1-2-24-13-4-3-10(15(16,17)18)7-12(13)19-14(22)20-5-6-23-9-11(20)8-21/h3-4,7,11,21H,2,5-6,8-9H2,1H3,(H,19,22)/t11-/m1/s1. The van der Waals surface area contributed by atoms with Gasteiger partial charge in [-0.05, 0) is 25.1 Å². The molecule has 1 aromatic rings. The number of nitrogens with zero attached hydrogens (tertiary/aromatic N) is 1. The number of hydrogen-bond acceptors (Lipinski definition) is 4. The third-order valence-corrected chi connectivity index (χ3v) is 3.55. The van der Waals surface area contributed by atoms with Crippen LogP contribution in [-0.2, 0) is 10.9 Å². The first-order valence-electron chi connectivity index (χ1n) is 7.47. The average molecular weight is 348 g/mol. The van der Waals surface area contributed by atoms with E-state index >= 15 is 0 Å². The molecule has 1 saturated heterocycles. The van der Waals surface area contributed by atoms with Crippen molar-refractivity contribution in [2.75, 3.05) is 38.3 Å². The second kappa shape index (κ2) is 7.71. The first-order valence-corrected chi connectivity index (χ1v) is 7.47. The largest absolute Gasteiger partial charge is 0.492 e. The van der Waals surface area contributed by atoms with Gasteiger partial charge < -0.3 is 24.8 Å². The molecule has 2 amide bonds. The van der Waals surface area contributed by atoms with E-state index in [9.17, 15) is 23.1 Å². The summed E-state index contributed by atoms with van der Waals surface area (Å²) in [4.78, 5) is 13.7. The molecule has 1 heterocycles. The van der Waals surface area contributed by atoms with Gasteiger partial charge in [0.1, 0.15) is 5.75 Å². The van der Waals surface area contributed by atoms with Crippen LogP contribution in [-0.4, -0.2) is 55.1 Å². The number of halogens is 3. The number of aliphatic hydroxyl groups is 1. The zero-order valence-electron chi connectivity index (χ0n) is 13.1. The maximum absolute atomic E-state index is 12.9. The lowest BCUT2D eigenvalue weighted by molar-refractivity contribution is -0.137. The number of alkyl halides is 3. The number of carbonyl (C=O) groups excluding carboxylic acids is 1. The number of hydrogen-bond donors (Lipinski definition) is 2. The van der Waals surface area contributed by atoms with Crippen molar-refractivity contribution in [2.45, 2.75) is 19.1 Å². The number of nitrogens with one attached hydrogen (secondary N) is 1. The maximum atomic E-state index is 12.9. The van der Waals surface area contributed by atoms with Crippen LogP contribution in [0.1, 0.15) is 12.5 Å². The number of morpholine rings is 1. The van der Waals surface area contributed by atoms with Gasteiger partial charge in [-0.1, -0.05) is 0 Å². The second-order valence-electron chi connectivity index (χ2n) is 5.18. The molecule has 134 valence electrons. The zero-order valence-corrected chi connectivity index (χ0v) is 13.1. The molecule has 0 bridgehead atoms. The predicted octanol–water partition coefficient (Wildman–Crippen LogP) is 2.33. The Balaban J connectivity index is 2.24. The van der Waals surface area contributed by atoms with Gasteiger partial charge in [0.15, 0.2) is 0 Å². The van der Waals surface area contributed by atoms with Crippen molar-refractivity contribution in [1.29, 1.82) is 0 Å². The zero-order chi connectivity index (χ0) is 17.7. The van der Waals surface area contributed by atoms with Crippen LogP contribution in [0.15, 0.2) is 18.2 Å². The monoisotopic (exact) mass is 348 g/mol. The number of aliphatic hydroxyl groups excluding tert-OH is 1. The van der Waals surface area contributed by atoms with E-state index in [0.717, 1.165) is 12.1 Å². The summed E-state index contributed by atoms with van der Waals surface area (Å²) in [5.41, 5.74) is -0.957. The highest BCUT2D eigenvalue weighted by Crippen LogP contribution is 2.35. The van der Waals surface area contributed by atoms with Crippen LogP contribution in [0.25, 0.3) is 0 Å². The van der Waals surface area contributed by atoms with Crippen molar-refractivity contribution in [3.8, 4) is 5.75 Å². The number of carbonyl (C=O) groups is 1. The Morgan fingerprint density at radius 3 is 2.88 bits per heavy atom. The van der Waals surface area contributed by atoms with Crippen LogP contribution in [0.2, 0.25) is 0 Å². The first kappa shape index (κ1) is 18.3. The molecule has 1 atom stereocenters. The third-order valence-electron chi connectivity index (χ3n) is 3.55. The van der Waals surface area contributed by atoms with Crippen LogP contribution in [0, 0.1) is 0 Å².